The highest BCUT2D eigenvalue weighted by atomic mass is 35.5. The number of hydrogen-bond acceptors (Lipinski definition) is 5. The highest BCUT2D eigenvalue weighted by Crippen LogP contribution is 2.38. The van der Waals surface area contributed by atoms with Crippen LogP contribution in [0, 0.1) is 0 Å². The number of carbonyl (C=O) groups excluding carboxylic acids is 2. The van der Waals surface area contributed by atoms with Crippen molar-refractivity contribution < 1.29 is 23.8 Å². The van der Waals surface area contributed by atoms with E-state index in [1.54, 1.807) is 0 Å². The predicted octanol–water partition coefficient (Wildman–Crippen LogP) is 5.26. The molecule has 28 heavy (non-hydrogen) atoms. The Balaban J connectivity index is 1.65. The van der Waals surface area contributed by atoms with Crippen LogP contribution in [0.1, 0.15) is 16.8 Å². The first-order chi connectivity index (χ1) is 13.3. The van der Waals surface area contributed by atoms with Crippen molar-refractivity contribution in [2.24, 2.45) is 0 Å². The fourth-order valence-corrected chi connectivity index (χ4v) is 3.58. The van der Waals surface area contributed by atoms with Crippen LogP contribution >= 0.6 is 46.4 Å². The van der Waals surface area contributed by atoms with Gasteiger partial charge in [-0.1, -0.05) is 46.4 Å². The molecule has 1 aliphatic rings. The van der Waals surface area contributed by atoms with Gasteiger partial charge < -0.3 is 19.5 Å². The summed E-state index contributed by atoms with van der Waals surface area (Å²) >= 11 is 24.0. The van der Waals surface area contributed by atoms with Gasteiger partial charge in [-0.15, -0.1) is 0 Å². The molecule has 0 fully saturated rings. The van der Waals surface area contributed by atoms with Crippen molar-refractivity contribution in [3.8, 4) is 11.5 Å². The number of carbonyl (C=O) groups is 2. The molecule has 3 rings (SSSR count). The number of hydrogen-bond donors (Lipinski definition) is 1. The third-order valence-electron chi connectivity index (χ3n) is 3.64. The second-order valence-electron chi connectivity index (χ2n) is 5.70. The number of rotatable bonds is 4. The summed E-state index contributed by atoms with van der Waals surface area (Å²) in [5, 5.41) is 3.33. The van der Waals surface area contributed by atoms with Crippen molar-refractivity contribution >= 4 is 64.0 Å². The van der Waals surface area contributed by atoms with Crippen molar-refractivity contribution in [2.45, 2.75) is 6.42 Å². The average molecular weight is 465 g/mol. The largest absolute Gasteiger partial charge is 0.489 e. The van der Waals surface area contributed by atoms with E-state index in [4.69, 9.17) is 60.6 Å². The standard InChI is InChI=1S/C18H13Cl4NO5/c19-10-6-11(20)16(12(21)7-10)23-15(24)8-28-18(25)9-4-13(22)17-14(5-9)26-2-1-3-27-17/h4-7H,1-3,8H2,(H,23,24). The minimum Gasteiger partial charge on any atom is -0.489 e. The van der Waals surface area contributed by atoms with Gasteiger partial charge in [0.2, 0.25) is 0 Å². The summed E-state index contributed by atoms with van der Waals surface area (Å²) in [5.74, 6) is -0.650. The number of anilines is 1. The van der Waals surface area contributed by atoms with Gasteiger partial charge >= 0.3 is 5.97 Å². The van der Waals surface area contributed by atoms with Crippen LogP contribution in [-0.2, 0) is 9.53 Å². The second-order valence-corrected chi connectivity index (χ2v) is 7.36. The first-order valence-corrected chi connectivity index (χ1v) is 9.57. The first kappa shape index (κ1) is 20.9. The van der Waals surface area contributed by atoms with Gasteiger partial charge in [-0.2, -0.15) is 0 Å². The summed E-state index contributed by atoms with van der Waals surface area (Å²) in [7, 11) is 0. The molecule has 1 aliphatic heterocycles. The van der Waals surface area contributed by atoms with Crippen LogP contribution in [0.2, 0.25) is 20.1 Å². The van der Waals surface area contributed by atoms with Crippen LogP contribution in [0.4, 0.5) is 5.69 Å². The Hall–Kier alpha value is -1.86. The maximum atomic E-state index is 12.3. The lowest BCUT2D eigenvalue weighted by Gasteiger charge is -2.12. The Morgan fingerprint density at radius 2 is 1.64 bits per heavy atom. The van der Waals surface area contributed by atoms with Crippen LogP contribution in [-0.4, -0.2) is 31.7 Å². The zero-order valence-electron chi connectivity index (χ0n) is 14.2. The van der Waals surface area contributed by atoms with Gasteiger partial charge in [-0.05, 0) is 24.3 Å². The maximum Gasteiger partial charge on any atom is 0.338 e. The van der Waals surface area contributed by atoms with E-state index in [1.165, 1.54) is 24.3 Å². The van der Waals surface area contributed by atoms with E-state index in [0.717, 1.165) is 0 Å². The minimum absolute atomic E-state index is 0.129. The molecule has 1 N–H and O–H groups in total. The first-order valence-electron chi connectivity index (χ1n) is 8.06. The lowest BCUT2D eigenvalue weighted by atomic mass is 10.2. The number of fused-ring (bicyclic) bond motifs is 1. The Bertz CT molecular complexity index is 911. The summed E-state index contributed by atoms with van der Waals surface area (Å²) < 4.78 is 16.1. The Kier molecular flexibility index (Phi) is 6.78. The Labute approximate surface area is 180 Å². The van der Waals surface area contributed by atoms with Crippen molar-refractivity contribution in [1.29, 1.82) is 0 Å². The second kappa shape index (κ2) is 9.09. The van der Waals surface area contributed by atoms with Crippen LogP contribution in [0.3, 0.4) is 0 Å². The topological polar surface area (TPSA) is 73.9 Å². The average Bonchev–Trinajstić information content (AvgIpc) is 2.88. The van der Waals surface area contributed by atoms with Crippen LogP contribution < -0.4 is 14.8 Å². The fourth-order valence-electron chi connectivity index (χ4n) is 2.40. The summed E-state index contributed by atoms with van der Waals surface area (Å²) in [6.45, 7) is 0.347. The molecule has 1 heterocycles. The van der Waals surface area contributed by atoms with Gasteiger partial charge in [0.1, 0.15) is 0 Å². The van der Waals surface area contributed by atoms with Gasteiger partial charge in [-0.3, -0.25) is 4.79 Å². The molecule has 2 aromatic rings. The summed E-state index contributed by atoms with van der Waals surface area (Å²) in [5.41, 5.74) is 0.303. The monoisotopic (exact) mass is 463 g/mol. The molecule has 10 heteroatoms. The van der Waals surface area contributed by atoms with Crippen LogP contribution in [0.15, 0.2) is 24.3 Å². The normalized spacial score (nSPS) is 12.9. The molecular weight excluding hydrogens is 452 g/mol. The lowest BCUT2D eigenvalue weighted by Crippen LogP contribution is -2.21. The molecule has 0 radical (unpaired) electrons. The molecule has 0 saturated heterocycles. The number of ether oxygens (including phenoxy) is 3. The van der Waals surface area contributed by atoms with E-state index in [1.807, 2.05) is 0 Å². The summed E-state index contributed by atoms with van der Waals surface area (Å²) in [4.78, 5) is 24.4. The van der Waals surface area contributed by atoms with E-state index in [0.29, 0.717) is 36.2 Å². The van der Waals surface area contributed by atoms with Crippen LogP contribution in [0.5, 0.6) is 11.5 Å². The van der Waals surface area contributed by atoms with Crippen molar-refractivity contribution in [2.75, 3.05) is 25.1 Å². The van der Waals surface area contributed by atoms with E-state index in [2.05, 4.69) is 5.32 Å². The Morgan fingerprint density at radius 1 is 0.964 bits per heavy atom. The van der Waals surface area contributed by atoms with Crippen LogP contribution in [0.25, 0.3) is 0 Å². The zero-order valence-corrected chi connectivity index (χ0v) is 17.2. The molecule has 6 nitrogen and oxygen atoms in total. The zero-order chi connectivity index (χ0) is 20.3. The van der Waals surface area contributed by atoms with Crippen molar-refractivity contribution in [1.82, 2.24) is 0 Å². The number of nitrogens with one attached hydrogen (secondary N) is 1. The Morgan fingerprint density at radius 3 is 2.36 bits per heavy atom. The summed E-state index contributed by atoms with van der Waals surface area (Å²) in [6.07, 6.45) is 0.695. The molecule has 0 aliphatic carbocycles. The molecule has 1 amide bonds. The van der Waals surface area contributed by atoms with Gasteiger partial charge in [-0.25, -0.2) is 4.79 Å². The van der Waals surface area contributed by atoms with Gasteiger partial charge in [0.05, 0.1) is 39.5 Å². The molecule has 0 spiro atoms. The quantitative estimate of drug-likeness (QED) is 0.625. The SMILES string of the molecule is O=C(COC(=O)c1cc(Cl)c2c(c1)OCCCO2)Nc1c(Cl)cc(Cl)cc1Cl. The van der Waals surface area contributed by atoms with Gasteiger partial charge in [0.15, 0.2) is 18.1 Å². The van der Waals surface area contributed by atoms with E-state index in [9.17, 15) is 9.59 Å². The number of esters is 1. The molecule has 0 atom stereocenters. The molecule has 0 aromatic heterocycles. The third-order valence-corrected chi connectivity index (χ3v) is 4.74. The molecule has 148 valence electrons. The van der Waals surface area contributed by atoms with E-state index >= 15 is 0 Å². The molecule has 2 aromatic carbocycles. The molecular formula is C18H13Cl4NO5. The number of benzene rings is 2. The third kappa shape index (κ3) is 4.94. The summed E-state index contributed by atoms with van der Waals surface area (Å²) in [6, 6.07) is 5.70. The van der Waals surface area contributed by atoms with E-state index < -0.39 is 18.5 Å². The van der Waals surface area contributed by atoms with Gasteiger partial charge in [0.25, 0.3) is 5.91 Å². The van der Waals surface area contributed by atoms with Crippen molar-refractivity contribution in [3.63, 3.8) is 0 Å². The number of halogens is 4. The van der Waals surface area contributed by atoms with Crippen molar-refractivity contribution in [3.05, 3.63) is 49.9 Å². The highest BCUT2D eigenvalue weighted by Gasteiger charge is 2.20. The highest BCUT2D eigenvalue weighted by molar-refractivity contribution is 6.42. The maximum absolute atomic E-state index is 12.3. The molecule has 0 saturated carbocycles. The number of amides is 1. The molecule has 0 bridgehead atoms. The predicted molar refractivity (Wildman–Crippen MR) is 107 cm³/mol. The van der Waals surface area contributed by atoms with Gasteiger partial charge in [0, 0.05) is 11.4 Å². The lowest BCUT2D eigenvalue weighted by molar-refractivity contribution is -0.119. The molecule has 0 unspecified atom stereocenters. The minimum atomic E-state index is -0.749. The smallest absolute Gasteiger partial charge is 0.338 e. The fraction of sp³-hybridized carbons (Fsp3) is 0.222. The van der Waals surface area contributed by atoms with E-state index in [-0.39, 0.29) is 26.3 Å².